The molecule has 1 aromatic carbocycles. The van der Waals surface area contributed by atoms with E-state index in [9.17, 15) is 14.0 Å². The molecule has 0 aliphatic carbocycles. The molecule has 2 aromatic heterocycles. The van der Waals surface area contributed by atoms with Crippen LogP contribution in [0.3, 0.4) is 0 Å². The number of anilines is 1. The monoisotopic (exact) mass is 373 g/mol. The molecule has 1 aliphatic rings. The molecule has 3 aromatic rings. The Morgan fingerprint density at radius 3 is 3.15 bits per heavy atom. The van der Waals surface area contributed by atoms with Crippen LogP contribution in [0.25, 0.3) is 10.9 Å². The van der Waals surface area contributed by atoms with E-state index in [0.29, 0.717) is 18.5 Å². The molecular weight excluding hydrogens is 357 g/mol. The fourth-order valence-electron chi connectivity index (χ4n) is 3.11. The summed E-state index contributed by atoms with van der Waals surface area (Å²) >= 11 is 1.54. The molecule has 134 valence electrons. The third-order valence-corrected chi connectivity index (χ3v) is 5.23. The summed E-state index contributed by atoms with van der Waals surface area (Å²) in [5.41, 5.74) is 0.518. The number of hydrogen-bond acceptors (Lipinski definition) is 5. The van der Waals surface area contributed by atoms with Crippen LogP contribution in [0, 0.1) is 11.7 Å². The largest absolute Gasteiger partial charge is 0.355 e. The van der Waals surface area contributed by atoms with Crippen molar-refractivity contribution in [2.24, 2.45) is 5.92 Å². The van der Waals surface area contributed by atoms with Crippen LogP contribution in [0.4, 0.5) is 10.2 Å². The molecular formula is C17H16FN5O2S. The van der Waals surface area contributed by atoms with Crippen molar-refractivity contribution in [3.8, 4) is 0 Å². The highest BCUT2D eigenvalue weighted by Crippen LogP contribution is 2.31. The standard InChI is InChI=1S/C17H16FN5O2S/c18-11-2-1-3-12-15(11)16(22-21-12)23-9-10(8-14(23)24)17(25)20-5-4-13-19-6-7-26-13/h1-3,6-7,10H,4-5,8-9H2,(H,20,25)(H,21,22)/t10-/m1/s1. The van der Waals surface area contributed by atoms with Crippen LogP contribution < -0.4 is 10.2 Å². The van der Waals surface area contributed by atoms with Crippen LogP contribution in [0.1, 0.15) is 11.4 Å². The van der Waals surface area contributed by atoms with E-state index in [4.69, 9.17) is 0 Å². The first-order valence-corrected chi connectivity index (χ1v) is 9.10. The molecule has 4 rings (SSSR count). The second-order valence-corrected chi connectivity index (χ2v) is 7.06. The number of fused-ring (bicyclic) bond motifs is 1. The van der Waals surface area contributed by atoms with E-state index in [1.165, 1.54) is 22.3 Å². The molecule has 9 heteroatoms. The Kier molecular flexibility index (Phi) is 4.37. The van der Waals surface area contributed by atoms with E-state index >= 15 is 0 Å². The number of carbonyl (C=O) groups excluding carboxylic acids is 2. The molecule has 0 spiro atoms. The first-order chi connectivity index (χ1) is 12.6. The number of amides is 2. The Hall–Kier alpha value is -2.81. The zero-order valence-electron chi connectivity index (χ0n) is 13.7. The molecule has 2 amide bonds. The molecule has 0 unspecified atom stereocenters. The van der Waals surface area contributed by atoms with Gasteiger partial charge in [-0.3, -0.25) is 19.6 Å². The molecule has 1 atom stereocenters. The Bertz CT molecular complexity index is 955. The number of nitrogens with zero attached hydrogens (tertiary/aromatic N) is 3. The van der Waals surface area contributed by atoms with Gasteiger partial charge >= 0.3 is 0 Å². The van der Waals surface area contributed by atoms with Crippen molar-refractivity contribution in [3.63, 3.8) is 0 Å². The third kappa shape index (κ3) is 3.05. The summed E-state index contributed by atoms with van der Waals surface area (Å²) < 4.78 is 14.1. The summed E-state index contributed by atoms with van der Waals surface area (Å²) in [6.45, 7) is 0.660. The smallest absolute Gasteiger partial charge is 0.229 e. The predicted molar refractivity (Wildman–Crippen MR) is 95.3 cm³/mol. The van der Waals surface area contributed by atoms with Crippen LogP contribution in [0.2, 0.25) is 0 Å². The molecule has 1 aliphatic heterocycles. The topological polar surface area (TPSA) is 91.0 Å². The number of aromatic nitrogens is 3. The number of hydrogen-bond donors (Lipinski definition) is 2. The summed E-state index contributed by atoms with van der Waals surface area (Å²) in [5, 5.41) is 12.8. The molecule has 2 N–H and O–H groups in total. The molecule has 0 bridgehead atoms. The van der Waals surface area contributed by atoms with Crippen molar-refractivity contribution in [2.75, 3.05) is 18.0 Å². The minimum absolute atomic E-state index is 0.0892. The molecule has 7 nitrogen and oxygen atoms in total. The molecule has 0 saturated carbocycles. The zero-order valence-corrected chi connectivity index (χ0v) is 14.6. The first-order valence-electron chi connectivity index (χ1n) is 8.22. The fourth-order valence-corrected chi connectivity index (χ4v) is 3.73. The number of nitrogens with one attached hydrogen (secondary N) is 2. The number of halogens is 1. The number of benzene rings is 1. The van der Waals surface area contributed by atoms with Gasteiger partial charge in [0.05, 0.1) is 21.8 Å². The SMILES string of the molecule is O=C(NCCc1nccs1)[C@@H]1CC(=O)N(c2n[nH]c3cccc(F)c23)C1. The van der Waals surface area contributed by atoms with Crippen LogP contribution in [-0.2, 0) is 16.0 Å². The number of carbonyl (C=O) groups is 2. The molecule has 3 heterocycles. The van der Waals surface area contributed by atoms with Crippen LogP contribution in [0.15, 0.2) is 29.8 Å². The first kappa shape index (κ1) is 16.6. The van der Waals surface area contributed by atoms with Crippen molar-refractivity contribution in [3.05, 3.63) is 40.6 Å². The lowest BCUT2D eigenvalue weighted by Crippen LogP contribution is -2.34. The molecule has 1 fully saturated rings. The van der Waals surface area contributed by atoms with Gasteiger partial charge in [0.25, 0.3) is 0 Å². The van der Waals surface area contributed by atoms with E-state index in [1.54, 1.807) is 18.3 Å². The van der Waals surface area contributed by atoms with Crippen molar-refractivity contribution in [1.29, 1.82) is 0 Å². The van der Waals surface area contributed by atoms with E-state index in [0.717, 1.165) is 5.01 Å². The lowest BCUT2D eigenvalue weighted by atomic mass is 10.1. The summed E-state index contributed by atoms with van der Waals surface area (Å²) in [6.07, 6.45) is 2.47. The highest BCUT2D eigenvalue weighted by molar-refractivity contribution is 7.09. The van der Waals surface area contributed by atoms with E-state index < -0.39 is 11.7 Å². The van der Waals surface area contributed by atoms with Gasteiger partial charge < -0.3 is 5.32 Å². The van der Waals surface area contributed by atoms with Gasteiger partial charge in [0.2, 0.25) is 11.8 Å². The van der Waals surface area contributed by atoms with Crippen molar-refractivity contribution < 1.29 is 14.0 Å². The molecule has 1 saturated heterocycles. The fraction of sp³-hybridized carbons (Fsp3) is 0.294. The summed E-state index contributed by atoms with van der Waals surface area (Å²) in [6, 6.07) is 4.59. The minimum atomic E-state index is -0.475. The maximum absolute atomic E-state index is 14.1. The Morgan fingerprint density at radius 2 is 2.35 bits per heavy atom. The molecule has 0 radical (unpaired) electrons. The highest BCUT2D eigenvalue weighted by atomic mass is 32.1. The predicted octanol–water partition coefficient (Wildman–Crippen LogP) is 1.87. The quantitative estimate of drug-likeness (QED) is 0.714. The van der Waals surface area contributed by atoms with Crippen LogP contribution in [0.5, 0.6) is 0 Å². The number of thiazole rings is 1. The van der Waals surface area contributed by atoms with Gasteiger partial charge in [0.15, 0.2) is 5.82 Å². The Morgan fingerprint density at radius 1 is 1.46 bits per heavy atom. The van der Waals surface area contributed by atoms with Gasteiger partial charge in [0, 0.05) is 37.5 Å². The number of H-pyrrole nitrogens is 1. The van der Waals surface area contributed by atoms with Gasteiger partial charge in [-0.15, -0.1) is 11.3 Å². The second kappa shape index (κ2) is 6.83. The van der Waals surface area contributed by atoms with E-state index in [-0.39, 0.29) is 36.0 Å². The van der Waals surface area contributed by atoms with Gasteiger partial charge in [-0.05, 0) is 12.1 Å². The Labute approximate surface area is 152 Å². The highest BCUT2D eigenvalue weighted by Gasteiger charge is 2.37. The molecule has 26 heavy (non-hydrogen) atoms. The summed E-state index contributed by atoms with van der Waals surface area (Å²) in [7, 11) is 0. The summed E-state index contributed by atoms with van der Waals surface area (Å²) in [4.78, 5) is 30.3. The lowest BCUT2D eigenvalue weighted by molar-refractivity contribution is -0.126. The van der Waals surface area contributed by atoms with Gasteiger partial charge in [-0.2, -0.15) is 5.10 Å². The number of rotatable bonds is 5. The van der Waals surface area contributed by atoms with Crippen molar-refractivity contribution in [1.82, 2.24) is 20.5 Å². The van der Waals surface area contributed by atoms with E-state index in [2.05, 4.69) is 20.5 Å². The second-order valence-electron chi connectivity index (χ2n) is 6.08. The lowest BCUT2D eigenvalue weighted by Gasteiger charge is -2.14. The van der Waals surface area contributed by atoms with Gasteiger partial charge in [-0.1, -0.05) is 6.07 Å². The van der Waals surface area contributed by atoms with Crippen LogP contribution >= 0.6 is 11.3 Å². The van der Waals surface area contributed by atoms with Crippen molar-refractivity contribution >= 4 is 39.9 Å². The van der Waals surface area contributed by atoms with Gasteiger partial charge in [-0.25, -0.2) is 9.37 Å². The Balaban J connectivity index is 1.44. The maximum atomic E-state index is 14.1. The average Bonchev–Trinajstić information content (AvgIpc) is 3.34. The maximum Gasteiger partial charge on any atom is 0.229 e. The van der Waals surface area contributed by atoms with E-state index in [1.807, 2.05) is 5.38 Å². The average molecular weight is 373 g/mol. The number of aromatic amines is 1. The summed E-state index contributed by atoms with van der Waals surface area (Å²) in [5.74, 6) is -1.10. The minimum Gasteiger partial charge on any atom is -0.355 e. The zero-order chi connectivity index (χ0) is 18.1. The normalized spacial score (nSPS) is 17.2. The third-order valence-electron chi connectivity index (χ3n) is 4.39. The van der Waals surface area contributed by atoms with Crippen molar-refractivity contribution in [2.45, 2.75) is 12.8 Å². The van der Waals surface area contributed by atoms with Gasteiger partial charge in [0.1, 0.15) is 5.82 Å². The van der Waals surface area contributed by atoms with Crippen LogP contribution in [-0.4, -0.2) is 40.1 Å².